The van der Waals surface area contributed by atoms with Gasteiger partial charge in [0.05, 0.1) is 7.11 Å². The SMILES string of the molecule is COC(=O)CN(C)C(=O)CC1(CN)CCC1. The molecule has 1 amide bonds. The van der Waals surface area contributed by atoms with Gasteiger partial charge in [-0.1, -0.05) is 6.42 Å². The van der Waals surface area contributed by atoms with Crippen molar-refractivity contribution in [2.45, 2.75) is 25.7 Å². The molecular weight excluding hydrogens is 208 g/mol. The third-order valence-electron chi connectivity index (χ3n) is 3.39. The first-order chi connectivity index (χ1) is 7.53. The highest BCUT2D eigenvalue weighted by Gasteiger charge is 2.38. The Hall–Kier alpha value is -1.10. The molecule has 0 spiro atoms. The Kier molecular flexibility index (Phi) is 4.29. The van der Waals surface area contributed by atoms with E-state index >= 15 is 0 Å². The van der Waals surface area contributed by atoms with Crippen LogP contribution >= 0.6 is 0 Å². The van der Waals surface area contributed by atoms with Crippen LogP contribution in [-0.4, -0.2) is 44.0 Å². The molecular formula is C11H20N2O3. The topological polar surface area (TPSA) is 72.6 Å². The van der Waals surface area contributed by atoms with Gasteiger partial charge < -0.3 is 15.4 Å². The summed E-state index contributed by atoms with van der Waals surface area (Å²) >= 11 is 0. The first-order valence-corrected chi connectivity index (χ1v) is 5.54. The number of nitrogens with zero attached hydrogens (tertiary/aromatic N) is 1. The molecule has 0 heterocycles. The van der Waals surface area contributed by atoms with Crippen molar-refractivity contribution in [2.75, 3.05) is 27.2 Å². The normalized spacial score (nSPS) is 17.4. The van der Waals surface area contributed by atoms with Crippen molar-refractivity contribution >= 4 is 11.9 Å². The summed E-state index contributed by atoms with van der Waals surface area (Å²) in [5.74, 6) is -0.429. The number of amides is 1. The molecule has 2 N–H and O–H groups in total. The number of esters is 1. The van der Waals surface area contributed by atoms with Gasteiger partial charge in [0.25, 0.3) is 0 Å². The van der Waals surface area contributed by atoms with Crippen molar-refractivity contribution < 1.29 is 14.3 Å². The van der Waals surface area contributed by atoms with Crippen LogP contribution in [0.2, 0.25) is 0 Å². The molecule has 0 unspecified atom stereocenters. The van der Waals surface area contributed by atoms with E-state index in [1.807, 2.05) is 0 Å². The lowest BCUT2D eigenvalue weighted by Gasteiger charge is -2.41. The van der Waals surface area contributed by atoms with Gasteiger partial charge in [0, 0.05) is 13.5 Å². The van der Waals surface area contributed by atoms with Crippen LogP contribution in [0.15, 0.2) is 0 Å². The lowest BCUT2D eigenvalue weighted by molar-refractivity contribution is -0.147. The number of methoxy groups -OCH3 is 1. The Labute approximate surface area is 95.9 Å². The maximum Gasteiger partial charge on any atom is 0.325 e. The third-order valence-corrected chi connectivity index (χ3v) is 3.39. The lowest BCUT2D eigenvalue weighted by Crippen LogP contribution is -2.43. The van der Waals surface area contributed by atoms with Crippen molar-refractivity contribution in [3.8, 4) is 0 Å². The van der Waals surface area contributed by atoms with Gasteiger partial charge in [-0.3, -0.25) is 9.59 Å². The van der Waals surface area contributed by atoms with Crippen molar-refractivity contribution in [3.05, 3.63) is 0 Å². The second-order valence-electron chi connectivity index (χ2n) is 4.56. The number of carbonyl (C=O) groups excluding carboxylic acids is 2. The standard InChI is InChI=1S/C11H20N2O3/c1-13(7-10(15)16-2)9(14)6-11(8-12)4-3-5-11/h3-8,12H2,1-2H3. The number of ether oxygens (including phenoxy) is 1. The van der Waals surface area contributed by atoms with E-state index < -0.39 is 5.97 Å². The van der Waals surface area contributed by atoms with Crippen molar-refractivity contribution in [1.82, 2.24) is 4.90 Å². The van der Waals surface area contributed by atoms with E-state index in [0.29, 0.717) is 13.0 Å². The van der Waals surface area contributed by atoms with Crippen LogP contribution in [0.25, 0.3) is 0 Å². The summed E-state index contributed by atoms with van der Waals surface area (Å²) in [7, 11) is 2.93. The molecule has 5 heteroatoms. The molecule has 0 aliphatic heterocycles. The molecule has 92 valence electrons. The third kappa shape index (κ3) is 2.95. The first kappa shape index (κ1) is 13.0. The van der Waals surface area contributed by atoms with E-state index in [4.69, 9.17) is 5.73 Å². The van der Waals surface area contributed by atoms with Gasteiger partial charge in [-0.15, -0.1) is 0 Å². The summed E-state index contributed by atoms with van der Waals surface area (Å²) in [5.41, 5.74) is 5.67. The first-order valence-electron chi connectivity index (χ1n) is 5.54. The summed E-state index contributed by atoms with van der Waals surface area (Å²) in [6.45, 7) is 0.556. The summed E-state index contributed by atoms with van der Waals surface area (Å²) in [5, 5.41) is 0. The second kappa shape index (κ2) is 5.30. The molecule has 0 saturated heterocycles. The van der Waals surface area contributed by atoms with Crippen molar-refractivity contribution in [2.24, 2.45) is 11.1 Å². The number of likely N-dealkylation sites (N-methyl/N-ethyl adjacent to an activating group) is 1. The predicted octanol–water partition coefficient (Wildman–Crippen LogP) is 0.137. The van der Waals surface area contributed by atoms with Crippen LogP contribution in [0.4, 0.5) is 0 Å². The molecule has 1 aliphatic rings. The van der Waals surface area contributed by atoms with Crippen LogP contribution in [0.3, 0.4) is 0 Å². The molecule has 0 atom stereocenters. The Bertz CT molecular complexity index is 269. The minimum atomic E-state index is -0.397. The Balaban J connectivity index is 2.42. The fourth-order valence-corrected chi connectivity index (χ4v) is 1.93. The summed E-state index contributed by atoms with van der Waals surface area (Å²) in [6, 6.07) is 0. The molecule has 1 saturated carbocycles. The second-order valence-corrected chi connectivity index (χ2v) is 4.56. The highest BCUT2D eigenvalue weighted by Crippen LogP contribution is 2.43. The Morgan fingerprint density at radius 3 is 2.44 bits per heavy atom. The average molecular weight is 228 g/mol. The minimum absolute atomic E-state index is 0.00991. The van der Waals surface area contributed by atoms with Crippen LogP contribution in [0.5, 0.6) is 0 Å². The van der Waals surface area contributed by atoms with Crippen molar-refractivity contribution in [3.63, 3.8) is 0 Å². The zero-order valence-corrected chi connectivity index (χ0v) is 9.99. The number of carbonyl (C=O) groups is 2. The quantitative estimate of drug-likeness (QED) is 0.679. The van der Waals surface area contributed by atoms with E-state index in [-0.39, 0.29) is 17.9 Å². The van der Waals surface area contributed by atoms with Gasteiger partial charge in [0.1, 0.15) is 6.54 Å². The Morgan fingerprint density at radius 2 is 2.06 bits per heavy atom. The zero-order valence-electron chi connectivity index (χ0n) is 9.99. The van der Waals surface area contributed by atoms with Gasteiger partial charge in [0.15, 0.2) is 0 Å². The lowest BCUT2D eigenvalue weighted by atomic mass is 9.66. The molecule has 0 aromatic rings. The molecule has 1 aliphatic carbocycles. The van der Waals surface area contributed by atoms with E-state index in [9.17, 15) is 9.59 Å². The van der Waals surface area contributed by atoms with Crippen LogP contribution in [-0.2, 0) is 14.3 Å². The van der Waals surface area contributed by atoms with Gasteiger partial charge >= 0.3 is 5.97 Å². The Morgan fingerprint density at radius 1 is 1.44 bits per heavy atom. The maximum atomic E-state index is 11.8. The smallest absolute Gasteiger partial charge is 0.325 e. The van der Waals surface area contributed by atoms with E-state index in [0.717, 1.165) is 19.3 Å². The van der Waals surface area contributed by atoms with Gasteiger partial charge in [-0.25, -0.2) is 0 Å². The number of rotatable bonds is 5. The molecule has 0 aromatic carbocycles. The van der Waals surface area contributed by atoms with Gasteiger partial charge in [-0.2, -0.15) is 0 Å². The molecule has 0 bridgehead atoms. The number of nitrogens with two attached hydrogens (primary N) is 1. The maximum absolute atomic E-state index is 11.8. The van der Waals surface area contributed by atoms with E-state index in [2.05, 4.69) is 4.74 Å². The molecule has 0 aromatic heterocycles. The van der Waals surface area contributed by atoms with Crippen molar-refractivity contribution in [1.29, 1.82) is 0 Å². The fraction of sp³-hybridized carbons (Fsp3) is 0.818. The molecule has 16 heavy (non-hydrogen) atoms. The van der Waals surface area contributed by atoms with E-state index in [1.54, 1.807) is 7.05 Å². The van der Waals surface area contributed by atoms with Gasteiger partial charge in [-0.05, 0) is 24.8 Å². The molecule has 1 rings (SSSR count). The predicted molar refractivity (Wildman–Crippen MR) is 59.6 cm³/mol. The largest absolute Gasteiger partial charge is 0.468 e. The van der Waals surface area contributed by atoms with Crippen LogP contribution in [0.1, 0.15) is 25.7 Å². The minimum Gasteiger partial charge on any atom is -0.468 e. The van der Waals surface area contributed by atoms with E-state index in [1.165, 1.54) is 12.0 Å². The molecule has 0 radical (unpaired) electrons. The summed E-state index contributed by atoms with van der Waals surface area (Å²) < 4.78 is 4.51. The average Bonchev–Trinajstić information content (AvgIpc) is 2.22. The highest BCUT2D eigenvalue weighted by atomic mass is 16.5. The number of hydrogen-bond donors (Lipinski definition) is 1. The van der Waals surface area contributed by atoms with Crippen LogP contribution in [0, 0.1) is 5.41 Å². The number of hydrogen-bond acceptors (Lipinski definition) is 4. The molecule has 5 nitrogen and oxygen atoms in total. The fourth-order valence-electron chi connectivity index (χ4n) is 1.93. The van der Waals surface area contributed by atoms with Gasteiger partial charge in [0.2, 0.25) is 5.91 Å². The summed E-state index contributed by atoms with van der Waals surface area (Å²) in [6.07, 6.45) is 3.62. The summed E-state index contributed by atoms with van der Waals surface area (Å²) in [4.78, 5) is 24.2. The zero-order chi connectivity index (χ0) is 12.2. The molecule has 1 fully saturated rings. The van der Waals surface area contributed by atoms with Crippen LogP contribution < -0.4 is 5.73 Å². The highest BCUT2D eigenvalue weighted by molar-refractivity contribution is 5.82. The monoisotopic (exact) mass is 228 g/mol.